The molecule has 142 valence electrons. The van der Waals surface area contributed by atoms with Crippen LogP contribution in [-0.4, -0.2) is 21.9 Å². The second kappa shape index (κ2) is 7.31. The highest BCUT2D eigenvalue weighted by Gasteiger charge is 2.28. The van der Waals surface area contributed by atoms with E-state index in [2.05, 4.69) is 56.7 Å². The molecule has 2 aromatic carbocycles. The number of carbonyl (C=O) groups is 1. The third-order valence-corrected chi connectivity index (χ3v) is 4.76. The normalized spacial score (nSPS) is 15.2. The summed E-state index contributed by atoms with van der Waals surface area (Å²) < 4.78 is 0. The number of nitrogens with zero attached hydrogens (tertiary/aromatic N) is 3. The van der Waals surface area contributed by atoms with Crippen molar-refractivity contribution in [2.45, 2.75) is 33.2 Å². The van der Waals surface area contributed by atoms with Gasteiger partial charge in [-0.05, 0) is 56.2 Å². The van der Waals surface area contributed by atoms with Crippen molar-refractivity contribution in [2.75, 3.05) is 15.5 Å². The fraction of sp³-hybridized carbons (Fsp3) is 0.227. The zero-order valence-corrected chi connectivity index (χ0v) is 16.2. The van der Waals surface area contributed by atoms with Gasteiger partial charge in [0.25, 0.3) is 0 Å². The molecule has 3 aromatic rings. The van der Waals surface area contributed by atoms with Gasteiger partial charge < -0.3 is 15.5 Å². The molecule has 4 rings (SSSR count). The van der Waals surface area contributed by atoms with Crippen molar-refractivity contribution in [2.24, 2.45) is 0 Å². The number of amides is 1. The molecule has 6 nitrogen and oxygen atoms in total. The fourth-order valence-corrected chi connectivity index (χ4v) is 3.64. The summed E-state index contributed by atoms with van der Waals surface area (Å²) in [6.45, 7) is 5.61. The standard InChI is InChI=1S/C22H23N5O/c1-14-12-17-6-4-5-7-20(17)27(14)22-13-21(23-15(2)24-22)26-19-10-8-18(9-11-19)25-16(3)28/h4-11,13-14H,12H2,1-3H3,(H,25,28)(H,23,24,26). The lowest BCUT2D eigenvalue weighted by molar-refractivity contribution is -0.114. The average molecular weight is 373 g/mol. The summed E-state index contributed by atoms with van der Waals surface area (Å²) >= 11 is 0. The maximum absolute atomic E-state index is 11.2. The number of hydrogen-bond acceptors (Lipinski definition) is 5. The third kappa shape index (κ3) is 3.67. The van der Waals surface area contributed by atoms with Gasteiger partial charge in [0, 0.05) is 36.1 Å². The van der Waals surface area contributed by atoms with E-state index in [4.69, 9.17) is 0 Å². The number of fused-ring (bicyclic) bond motifs is 1. The van der Waals surface area contributed by atoms with Crippen molar-refractivity contribution in [1.29, 1.82) is 0 Å². The van der Waals surface area contributed by atoms with Crippen LogP contribution in [0.5, 0.6) is 0 Å². The summed E-state index contributed by atoms with van der Waals surface area (Å²) in [6, 6.07) is 18.3. The van der Waals surface area contributed by atoms with Gasteiger partial charge in [-0.25, -0.2) is 9.97 Å². The molecule has 0 fully saturated rings. The van der Waals surface area contributed by atoms with Crippen LogP contribution in [0, 0.1) is 6.92 Å². The predicted molar refractivity (Wildman–Crippen MR) is 113 cm³/mol. The number of carbonyl (C=O) groups excluding carboxylic acids is 1. The SMILES string of the molecule is CC(=O)Nc1ccc(Nc2cc(N3c4ccccc4CC3C)nc(C)n2)cc1. The molecule has 1 aliphatic heterocycles. The summed E-state index contributed by atoms with van der Waals surface area (Å²) in [7, 11) is 0. The Bertz CT molecular complexity index is 1020. The van der Waals surface area contributed by atoms with Crippen LogP contribution in [0.1, 0.15) is 25.2 Å². The zero-order valence-electron chi connectivity index (χ0n) is 16.2. The van der Waals surface area contributed by atoms with Crippen molar-refractivity contribution in [1.82, 2.24) is 9.97 Å². The Morgan fingerprint density at radius 1 is 1.07 bits per heavy atom. The number of benzene rings is 2. The van der Waals surface area contributed by atoms with E-state index >= 15 is 0 Å². The summed E-state index contributed by atoms with van der Waals surface area (Å²) in [5.74, 6) is 2.26. The van der Waals surface area contributed by atoms with Gasteiger partial charge in [0.05, 0.1) is 0 Å². The molecule has 28 heavy (non-hydrogen) atoms. The molecular formula is C22H23N5O. The molecule has 1 aliphatic rings. The fourth-order valence-electron chi connectivity index (χ4n) is 3.64. The van der Waals surface area contributed by atoms with Crippen molar-refractivity contribution < 1.29 is 4.79 Å². The molecule has 0 radical (unpaired) electrons. The minimum absolute atomic E-state index is 0.0863. The highest BCUT2D eigenvalue weighted by Crippen LogP contribution is 2.37. The van der Waals surface area contributed by atoms with E-state index in [9.17, 15) is 4.79 Å². The number of para-hydroxylation sites is 1. The number of aryl methyl sites for hydroxylation is 1. The number of nitrogens with one attached hydrogen (secondary N) is 2. The van der Waals surface area contributed by atoms with Crippen LogP contribution in [0.15, 0.2) is 54.6 Å². The van der Waals surface area contributed by atoms with Crippen molar-refractivity contribution in [3.8, 4) is 0 Å². The summed E-state index contributed by atoms with van der Waals surface area (Å²) in [5, 5.41) is 6.10. The first-order chi connectivity index (χ1) is 13.5. The average Bonchev–Trinajstić information content (AvgIpc) is 2.98. The Labute approximate surface area is 164 Å². The van der Waals surface area contributed by atoms with Crippen LogP contribution in [-0.2, 0) is 11.2 Å². The van der Waals surface area contributed by atoms with Gasteiger partial charge in [0.2, 0.25) is 5.91 Å². The van der Waals surface area contributed by atoms with Crippen LogP contribution >= 0.6 is 0 Å². The van der Waals surface area contributed by atoms with Crippen LogP contribution in [0.3, 0.4) is 0 Å². The lowest BCUT2D eigenvalue weighted by atomic mass is 10.1. The lowest BCUT2D eigenvalue weighted by Crippen LogP contribution is -2.25. The molecule has 0 saturated heterocycles. The minimum Gasteiger partial charge on any atom is -0.340 e. The summed E-state index contributed by atoms with van der Waals surface area (Å²) in [4.78, 5) is 22.6. The van der Waals surface area contributed by atoms with Crippen LogP contribution < -0.4 is 15.5 Å². The number of aromatic nitrogens is 2. The number of hydrogen-bond donors (Lipinski definition) is 2. The molecule has 1 atom stereocenters. The number of rotatable bonds is 4. The molecule has 2 heterocycles. The largest absolute Gasteiger partial charge is 0.340 e. The van der Waals surface area contributed by atoms with E-state index in [-0.39, 0.29) is 5.91 Å². The lowest BCUT2D eigenvalue weighted by Gasteiger charge is -2.24. The molecule has 0 spiro atoms. The molecule has 0 bridgehead atoms. The van der Waals surface area contributed by atoms with E-state index in [0.717, 1.165) is 29.4 Å². The second-order valence-electron chi connectivity index (χ2n) is 7.09. The molecule has 0 saturated carbocycles. The first-order valence-corrected chi connectivity index (χ1v) is 9.37. The molecule has 1 amide bonds. The van der Waals surface area contributed by atoms with Crippen LogP contribution in [0.4, 0.5) is 28.7 Å². The highest BCUT2D eigenvalue weighted by atomic mass is 16.1. The molecule has 2 N–H and O–H groups in total. The Hall–Kier alpha value is -3.41. The summed E-state index contributed by atoms with van der Waals surface area (Å²) in [5.41, 5.74) is 4.21. The van der Waals surface area contributed by atoms with Gasteiger partial charge in [0.15, 0.2) is 0 Å². The third-order valence-electron chi connectivity index (χ3n) is 4.76. The highest BCUT2D eigenvalue weighted by molar-refractivity contribution is 5.88. The van der Waals surface area contributed by atoms with Gasteiger partial charge in [-0.15, -0.1) is 0 Å². The minimum atomic E-state index is -0.0863. The van der Waals surface area contributed by atoms with Gasteiger partial charge in [-0.3, -0.25) is 4.79 Å². The second-order valence-corrected chi connectivity index (χ2v) is 7.09. The molecule has 0 aliphatic carbocycles. The summed E-state index contributed by atoms with van der Waals surface area (Å²) in [6.07, 6.45) is 1.01. The van der Waals surface area contributed by atoms with Gasteiger partial charge in [0.1, 0.15) is 17.5 Å². The van der Waals surface area contributed by atoms with Gasteiger partial charge >= 0.3 is 0 Å². The number of anilines is 5. The van der Waals surface area contributed by atoms with Crippen molar-refractivity contribution >= 4 is 34.6 Å². The Kier molecular flexibility index (Phi) is 4.69. The Morgan fingerprint density at radius 3 is 2.54 bits per heavy atom. The van der Waals surface area contributed by atoms with E-state index in [1.165, 1.54) is 18.2 Å². The first kappa shape index (κ1) is 18.0. The quantitative estimate of drug-likeness (QED) is 0.701. The topological polar surface area (TPSA) is 70.2 Å². The van der Waals surface area contributed by atoms with Crippen molar-refractivity contribution in [3.63, 3.8) is 0 Å². The van der Waals surface area contributed by atoms with Crippen LogP contribution in [0.2, 0.25) is 0 Å². The molecule has 6 heteroatoms. The molecule has 1 unspecified atom stereocenters. The Balaban J connectivity index is 1.60. The Morgan fingerprint density at radius 2 is 1.79 bits per heavy atom. The first-order valence-electron chi connectivity index (χ1n) is 9.37. The van der Waals surface area contributed by atoms with E-state index in [1.807, 2.05) is 37.3 Å². The van der Waals surface area contributed by atoms with Gasteiger partial charge in [-0.1, -0.05) is 18.2 Å². The van der Waals surface area contributed by atoms with E-state index in [0.29, 0.717) is 11.9 Å². The zero-order chi connectivity index (χ0) is 19.7. The smallest absolute Gasteiger partial charge is 0.221 e. The van der Waals surface area contributed by atoms with Crippen molar-refractivity contribution in [3.05, 3.63) is 66.0 Å². The predicted octanol–water partition coefficient (Wildman–Crippen LogP) is 4.57. The van der Waals surface area contributed by atoms with E-state index < -0.39 is 0 Å². The van der Waals surface area contributed by atoms with Gasteiger partial charge in [-0.2, -0.15) is 0 Å². The maximum atomic E-state index is 11.2. The molecular weight excluding hydrogens is 350 g/mol. The monoisotopic (exact) mass is 373 g/mol. The molecule has 1 aromatic heterocycles. The van der Waals surface area contributed by atoms with E-state index in [1.54, 1.807) is 0 Å². The maximum Gasteiger partial charge on any atom is 0.221 e. The van der Waals surface area contributed by atoms with Crippen LogP contribution in [0.25, 0.3) is 0 Å².